The Morgan fingerprint density at radius 3 is 2.52 bits per heavy atom. The predicted molar refractivity (Wildman–Crippen MR) is 87.8 cm³/mol. The molecule has 2 aromatic carbocycles. The molecule has 0 aromatic heterocycles. The van der Waals surface area contributed by atoms with Gasteiger partial charge in [0.05, 0.1) is 6.54 Å². The number of hydrogen-bond acceptors (Lipinski definition) is 3. The van der Waals surface area contributed by atoms with Gasteiger partial charge in [0.25, 0.3) is 5.91 Å². The van der Waals surface area contributed by atoms with Gasteiger partial charge in [0.2, 0.25) is 0 Å². The zero-order chi connectivity index (χ0) is 16.7. The van der Waals surface area contributed by atoms with Crippen molar-refractivity contribution in [2.24, 2.45) is 5.73 Å². The lowest BCUT2D eigenvalue weighted by atomic mass is 10.1. The number of ether oxygens (including phenoxy) is 1. The van der Waals surface area contributed by atoms with Crippen molar-refractivity contribution >= 4 is 5.91 Å². The first-order chi connectivity index (χ1) is 11.1. The molecule has 122 valence electrons. The van der Waals surface area contributed by atoms with Gasteiger partial charge in [-0.05, 0) is 36.2 Å². The Bertz CT molecular complexity index is 644. The number of amides is 1. The summed E-state index contributed by atoms with van der Waals surface area (Å²) >= 11 is 0. The third kappa shape index (κ3) is 4.79. The maximum atomic E-state index is 13.6. The lowest BCUT2D eigenvalue weighted by Gasteiger charge is -2.18. The fraction of sp³-hybridized carbons (Fsp3) is 0.278. The van der Waals surface area contributed by atoms with Crippen LogP contribution >= 0.6 is 0 Å². The number of carbonyl (C=O) groups excluding carboxylic acids is 1. The summed E-state index contributed by atoms with van der Waals surface area (Å²) in [5.41, 5.74) is 7.06. The topological polar surface area (TPSA) is 64.4 Å². The predicted octanol–water partition coefficient (Wildman–Crippen LogP) is 2.87. The number of nitrogens with one attached hydrogen (secondary N) is 1. The molecule has 0 radical (unpaired) electrons. The number of nitrogens with two attached hydrogens (primary N) is 1. The zero-order valence-corrected chi connectivity index (χ0v) is 13.1. The minimum atomic E-state index is -0.408. The van der Waals surface area contributed by atoms with Gasteiger partial charge in [-0.25, -0.2) is 4.39 Å². The van der Waals surface area contributed by atoms with E-state index in [1.165, 1.54) is 6.07 Å². The third-order valence-corrected chi connectivity index (χ3v) is 3.53. The molecule has 0 aliphatic rings. The van der Waals surface area contributed by atoms with Crippen LogP contribution in [-0.2, 0) is 6.54 Å². The van der Waals surface area contributed by atoms with Crippen LogP contribution in [0.1, 0.15) is 29.3 Å². The summed E-state index contributed by atoms with van der Waals surface area (Å²) in [6.07, 6.45) is 0.361. The van der Waals surface area contributed by atoms with E-state index in [0.29, 0.717) is 25.1 Å². The van der Waals surface area contributed by atoms with Gasteiger partial charge in [-0.3, -0.25) is 4.79 Å². The number of hydrogen-bond donors (Lipinski definition) is 2. The Balaban J connectivity index is 1.91. The van der Waals surface area contributed by atoms with Gasteiger partial charge in [0.1, 0.15) is 6.10 Å². The smallest absolute Gasteiger partial charge is 0.251 e. The molecule has 4 nitrogen and oxygen atoms in total. The molecule has 0 aliphatic carbocycles. The van der Waals surface area contributed by atoms with E-state index in [1.807, 2.05) is 19.1 Å². The molecule has 0 saturated carbocycles. The van der Waals surface area contributed by atoms with Crippen LogP contribution in [0.4, 0.5) is 4.39 Å². The van der Waals surface area contributed by atoms with E-state index in [9.17, 15) is 9.18 Å². The molecule has 0 heterocycles. The van der Waals surface area contributed by atoms with E-state index in [4.69, 9.17) is 10.5 Å². The lowest BCUT2D eigenvalue weighted by molar-refractivity contribution is 0.0924. The van der Waals surface area contributed by atoms with E-state index in [-0.39, 0.29) is 17.8 Å². The summed E-state index contributed by atoms with van der Waals surface area (Å²) in [5, 5.41) is 2.81. The number of para-hydroxylation sites is 1. The minimum Gasteiger partial charge on any atom is -0.486 e. The van der Waals surface area contributed by atoms with Gasteiger partial charge in [-0.15, -0.1) is 0 Å². The van der Waals surface area contributed by atoms with Gasteiger partial charge >= 0.3 is 0 Å². The van der Waals surface area contributed by atoms with E-state index in [1.54, 1.807) is 30.3 Å². The van der Waals surface area contributed by atoms with Gasteiger partial charge in [0.15, 0.2) is 11.6 Å². The molecule has 1 amide bonds. The van der Waals surface area contributed by atoms with Crippen molar-refractivity contribution in [3.05, 3.63) is 65.5 Å². The number of carbonyl (C=O) groups is 1. The van der Waals surface area contributed by atoms with Gasteiger partial charge < -0.3 is 15.8 Å². The van der Waals surface area contributed by atoms with Crippen LogP contribution in [0.15, 0.2) is 48.5 Å². The first kappa shape index (κ1) is 17.0. The Labute approximate surface area is 135 Å². The average molecular weight is 316 g/mol. The molecule has 1 atom stereocenters. The van der Waals surface area contributed by atoms with E-state index in [0.717, 1.165) is 5.56 Å². The van der Waals surface area contributed by atoms with E-state index in [2.05, 4.69) is 5.32 Å². The molecular weight excluding hydrogens is 295 g/mol. The third-order valence-electron chi connectivity index (χ3n) is 3.53. The fourth-order valence-electron chi connectivity index (χ4n) is 2.09. The number of rotatable bonds is 7. The number of halogens is 1. The van der Waals surface area contributed by atoms with Crippen molar-refractivity contribution in [2.45, 2.75) is 26.0 Å². The molecule has 0 bridgehead atoms. The highest BCUT2D eigenvalue weighted by Gasteiger charge is 2.13. The fourth-order valence-corrected chi connectivity index (χ4v) is 2.09. The summed E-state index contributed by atoms with van der Waals surface area (Å²) in [5.74, 6) is -0.403. The summed E-state index contributed by atoms with van der Waals surface area (Å²) in [6, 6.07) is 13.3. The van der Waals surface area contributed by atoms with Crippen LogP contribution in [-0.4, -0.2) is 18.6 Å². The summed E-state index contributed by atoms with van der Waals surface area (Å²) < 4.78 is 19.2. The molecule has 1 unspecified atom stereocenters. The van der Waals surface area contributed by atoms with Crippen molar-refractivity contribution in [1.29, 1.82) is 0 Å². The second-order valence-corrected chi connectivity index (χ2v) is 5.19. The Morgan fingerprint density at radius 1 is 1.22 bits per heavy atom. The van der Waals surface area contributed by atoms with E-state index < -0.39 is 5.82 Å². The molecular formula is C18H21FN2O2. The van der Waals surface area contributed by atoms with Crippen LogP contribution in [0.2, 0.25) is 0 Å². The summed E-state index contributed by atoms with van der Waals surface area (Å²) in [7, 11) is 0. The molecule has 23 heavy (non-hydrogen) atoms. The highest BCUT2D eigenvalue weighted by Crippen LogP contribution is 2.17. The maximum absolute atomic E-state index is 13.6. The van der Waals surface area contributed by atoms with Crippen LogP contribution in [0.25, 0.3) is 0 Å². The summed E-state index contributed by atoms with van der Waals surface area (Å²) in [4.78, 5) is 12.1. The van der Waals surface area contributed by atoms with Crippen molar-refractivity contribution in [3.63, 3.8) is 0 Å². The molecule has 3 N–H and O–H groups in total. The first-order valence-electron chi connectivity index (χ1n) is 7.62. The molecule has 0 saturated heterocycles. The lowest BCUT2D eigenvalue weighted by Crippen LogP contribution is -2.35. The Kier molecular flexibility index (Phi) is 6.11. The molecule has 0 aliphatic heterocycles. The van der Waals surface area contributed by atoms with Crippen molar-refractivity contribution in [2.75, 3.05) is 6.54 Å². The summed E-state index contributed by atoms with van der Waals surface area (Å²) in [6.45, 7) is 2.67. The van der Waals surface area contributed by atoms with Crippen LogP contribution < -0.4 is 15.8 Å². The largest absolute Gasteiger partial charge is 0.486 e. The Hall–Kier alpha value is -2.40. The normalized spacial score (nSPS) is 11.8. The average Bonchev–Trinajstić information content (AvgIpc) is 2.60. The SMILES string of the molecule is CCC(CNC(=O)c1ccc(CN)cc1)Oc1ccccc1F. The number of benzene rings is 2. The highest BCUT2D eigenvalue weighted by atomic mass is 19.1. The van der Waals surface area contributed by atoms with Crippen LogP contribution in [0.3, 0.4) is 0 Å². The standard InChI is InChI=1S/C18H21FN2O2/c1-2-15(23-17-6-4-3-5-16(17)19)12-21-18(22)14-9-7-13(11-20)8-10-14/h3-10,15H,2,11-12,20H2,1H3,(H,21,22). The van der Waals surface area contributed by atoms with Gasteiger partial charge in [0, 0.05) is 12.1 Å². The van der Waals surface area contributed by atoms with Crippen molar-refractivity contribution < 1.29 is 13.9 Å². The van der Waals surface area contributed by atoms with E-state index >= 15 is 0 Å². The molecule has 5 heteroatoms. The Morgan fingerprint density at radius 2 is 1.91 bits per heavy atom. The quantitative estimate of drug-likeness (QED) is 0.825. The molecule has 0 fully saturated rings. The van der Waals surface area contributed by atoms with Crippen molar-refractivity contribution in [3.8, 4) is 5.75 Å². The molecule has 2 rings (SSSR count). The second kappa shape index (κ2) is 8.29. The second-order valence-electron chi connectivity index (χ2n) is 5.19. The zero-order valence-electron chi connectivity index (χ0n) is 13.1. The van der Waals surface area contributed by atoms with Crippen LogP contribution in [0, 0.1) is 5.82 Å². The van der Waals surface area contributed by atoms with Gasteiger partial charge in [-0.2, -0.15) is 0 Å². The monoisotopic (exact) mass is 316 g/mol. The molecule has 0 spiro atoms. The maximum Gasteiger partial charge on any atom is 0.251 e. The molecule has 2 aromatic rings. The highest BCUT2D eigenvalue weighted by molar-refractivity contribution is 5.94. The van der Waals surface area contributed by atoms with Gasteiger partial charge in [-0.1, -0.05) is 31.2 Å². The van der Waals surface area contributed by atoms with Crippen molar-refractivity contribution in [1.82, 2.24) is 5.32 Å². The first-order valence-corrected chi connectivity index (χ1v) is 7.62. The van der Waals surface area contributed by atoms with Crippen LogP contribution in [0.5, 0.6) is 5.75 Å². The minimum absolute atomic E-state index is 0.191.